The zero-order valence-corrected chi connectivity index (χ0v) is 11.3. The Labute approximate surface area is 112 Å². The lowest BCUT2D eigenvalue weighted by molar-refractivity contribution is 0.145. The first-order valence-electron chi connectivity index (χ1n) is 6.65. The van der Waals surface area contributed by atoms with Gasteiger partial charge in [-0.05, 0) is 31.5 Å². The minimum Gasteiger partial charge on any atom is -0.329 e. The smallest absolute Gasteiger partial charge is 0.108 e. The van der Waals surface area contributed by atoms with E-state index in [9.17, 15) is 0 Å². The van der Waals surface area contributed by atoms with Crippen LogP contribution in [-0.4, -0.2) is 29.0 Å². The number of hydrogen-bond donors (Lipinski definition) is 1. The molecule has 0 aliphatic carbocycles. The molecule has 2 N–H and O–H groups in total. The first-order valence-corrected chi connectivity index (χ1v) is 7.47. The Morgan fingerprint density at radius 3 is 3.06 bits per heavy atom. The Kier molecular flexibility index (Phi) is 3.59. The van der Waals surface area contributed by atoms with Gasteiger partial charge in [-0.3, -0.25) is 4.90 Å². The third-order valence-corrected chi connectivity index (χ3v) is 4.72. The van der Waals surface area contributed by atoms with E-state index in [0.29, 0.717) is 6.04 Å². The van der Waals surface area contributed by atoms with Crippen LogP contribution in [0.2, 0.25) is 0 Å². The Bertz CT molecular complexity index is 489. The fourth-order valence-corrected chi connectivity index (χ4v) is 3.69. The van der Waals surface area contributed by atoms with E-state index in [-0.39, 0.29) is 0 Å². The molecule has 1 aliphatic rings. The van der Waals surface area contributed by atoms with Gasteiger partial charge in [0.1, 0.15) is 5.01 Å². The predicted molar refractivity (Wildman–Crippen MR) is 76.7 cm³/mol. The zero-order valence-electron chi connectivity index (χ0n) is 10.5. The molecule has 3 nitrogen and oxygen atoms in total. The van der Waals surface area contributed by atoms with Gasteiger partial charge in [0.15, 0.2) is 0 Å². The van der Waals surface area contributed by atoms with Crippen molar-refractivity contribution in [2.24, 2.45) is 5.73 Å². The SMILES string of the molecule is NCC1CCCCN1Cc1nc2ccccc2s1. The lowest BCUT2D eigenvalue weighted by Crippen LogP contribution is -2.43. The molecule has 0 bridgehead atoms. The molecule has 4 heteroatoms. The molecule has 1 aliphatic heterocycles. The highest BCUT2D eigenvalue weighted by molar-refractivity contribution is 7.18. The van der Waals surface area contributed by atoms with Crippen LogP contribution < -0.4 is 5.73 Å². The highest BCUT2D eigenvalue weighted by Crippen LogP contribution is 2.25. The van der Waals surface area contributed by atoms with Crippen LogP contribution in [0.1, 0.15) is 24.3 Å². The van der Waals surface area contributed by atoms with Crippen LogP contribution in [0.25, 0.3) is 10.2 Å². The minimum absolute atomic E-state index is 0.547. The first kappa shape index (κ1) is 12.1. The van der Waals surface area contributed by atoms with Crippen LogP contribution in [0.4, 0.5) is 0 Å². The molecule has 1 fully saturated rings. The molecule has 3 rings (SSSR count). The summed E-state index contributed by atoms with van der Waals surface area (Å²) >= 11 is 1.81. The fourth-order valence-electron chi connectivity index (χ4n) is 2.70. The maximum absolute atomic E-state index is 5.86. The number of thiazole rings is 1. The molecule has 0 saturated carbocycles. The predicted octanol–water partition coefficient (Wildman–Crippen LogP) is 2.61. The van der Waals surface area contributed by atoms with E-state index in [1.54, 1.807) is 0 Å². The summed E-state index contributed by atoms with van der Waals surface area (Å²) in [6, 6.07) is 8.91. The number of fused-ring (bicyclic) bond motifs is 1. The second kappa shape index (κ2) is 5.34. The Hall–Kier alpha value is -0.970. The summed E-state index contributed by atoms with van der Waals surface area (Å²) in [5.41, 5.74) is 6.99. The summed E-state index contributed by atoms with van der Waals surface area (Å²) in [4.78, 5) is 7.21. The number of benzene rings is 1. The molecule has 18 heavy (non-hydrogen) atoms. The van der Waals surface area contributed by atoms with Crippen molar-refractivity contribution in [3.8, 4) is 0 Å². The lowest BCUT2D eigenvalue weighted by atomic mass is 10.0. The van der Waals surface area contributed by atoms with Gasteiger partial charge in [-0.15, -0.1) is 11.3 Å². The van der Waals surface area contributed by atoms with Crippen LogP contribution in [0.15, 0.2) is 24.3 Å². The molecule has 0 amide bonds. The summed E-state index contributed by atoms with van der Waals surface area (Å²) in [6.45, 7) is 2.89. The minimum atomic E-state index is 0.547. The van der Waals surface area contributed by atoms with Crippen LogP contribution >= 0.6 is 11.3 Å². The van der Waals surface area contributed by atoms with E-state index in [2.05, 4.69) is 29.2 Å². The largest absolute Gasteiger partial charge is 0.329 e. The molecule has 2 aromatic rings. The molecule has 1 saturated heterocycles. The number of likely N-dealkylation sites (tertiary alicyclic amines) is 1. The van der Waals surface area contributed by atoms with Crippen LogP contribution in [0.3, 0.4) is 0 Å². The average molecular weight is 261 g/mol. The van der Waals surface area contributed by atoms with E-state index < -0.39 is 0 Å². The van der Waals surface area contributed by atoms with Crippen molar-refractivity contribution in [3.63, 3.8) is 0 Å². The van der Waals surface area contributed by atoms with Gasteiger partial charge in [0.05, 0.1) is 16.8 Å². The van der Waals surface area contributed by atoms with Gasteiger partial charge in [-0.25, -0.2) is 4.98 Å². The van der Waals surface area contributed by atoms with E-state index in [0.717, 1.165) is 25.2 Å². The van der Waals surface area contributed by atoms with Gasteiger partial charge in [0.25, 0.3) is 0 Å². The maximum Gasteiger partial charge on any atom is 0.108 e. The molecule has 96 valence electrons. The zero-order chi connectivity index (χ0) is 12.4. The molecule has 2 heterocycles. The van der Waals surface area contributed by atoms with Gasteiger partial charge in [0.2, 0.25) is 0 Å². The molecule has 0 spiro atoms. The Morgan fingerprint density at radius 2 is 2.22 bits per heavy atom. The number of hydrogen-bond acceptors (Lipinski definition) is 4. The normalized spacial score (nSPS) is 21.5. The second-order valence-corrected chi connectivity index (χ2v) is 6.05. The number of para-hydroxylation sites is 1. The fraction of sp³-hybridized carbons (Fsp3) is 0.500. The van der Waals surface area contributed by atoms with Crippen LogP contribution in [0, 0.1) is 0 Å². The molecular formula is C14H19N3S. The van der Waals surface area contributed by atoms with Gasteiger partial charge >= 0.3 is 0 Å². The van der Waals surface area contributed by atoms with Crippen molar-refractivity contribution in [1.82, 2.24) is 9.88 Å². The van der Waals surface area contributed by atoms with Crippen molar-refractivity contribution in [2.45, 2.75) is 31.8 Å². The summed E-state index contributed by atoms with van der Waals surface area (Å²) in [5, 5.41) is 1.22. The summed E-state index contributed by atoms with van der Waals surface area (Å²) in [7, 11) is 0. The average Bonchev–Trinajstić information content (AvgIpc) is 2.81. The van der Waals surface area contributed by atoms with Crippen LogP contribution in [-0.2, 0) is 6.54 Å². The van der Waals surface area contributed by atoms with Crippen molar-refractivity contribution >= 4 is 21.6 Å². The van der Waals surface area contributed by atoms with Gasteiger partial charge < -0.3 is 5.73 Å². The van der Waals surface area contributed by atoms with E-state index in [1.807, 2.05) is 11.3 Å². The second-order valence-electron chi connectivity index (χ2n) is 4.93. The quantitative estimate of drug-likeness (QED) is 0.923. The summed E-state index contributed by atoms with van der Waals surface area (Å²) in [6.07, 6.45) is 3.85. The standard InChI is InChI=1S/C14H19N3S/c15-9-11-5-3-4-8-17(11)10-14-16-12-6-1-2-7-13(12)18-14/h1-2,6-7,11H,3-5,8-10,15H2. The molecular weight excluding hydrogens is 242 g/mol. The van der Waals surface area contributed by atoms with Crippen molar-refractivity contribution in [3.05, 3.63) is 29.3 Å². The maximum atomic E-state index is 5.86. The molecule has 1 unspecified atom stereocenters. The highest BCUT2D eigenvalue weighted by Gasteiger charge is 2.22. The number of nitrogens with zero attached hydrogens (tertiary/aromatic N) is 2. The van der Waals surface area contributed by atoms with Crippen molar-refractivity contribution in [1.29, 1.82) is 0 Å². The number of rotatable bonds is 3. The van der Waals surface area contributed by atoms with Crippen LogP contribution in [0.5, 0.6) is 0 Å². The molecule has 1 atom stereocenters. The van der Waals surface area contributed by atoms with E-state index >= 15 is 0 Å². The number of piperidine rings is 1. The van der Waals surface area contributed by atoms with E-state index in [4.69, 9.17) is 10.7 Å². The van der Waals surface area contributed by atoms with Crippen molar-refractivity contribution < 1.29 is 0 Å². The third-order valence-electron chi connectivity index (χ3n) is 3.70. The van der Waals surface area contributed by atoms with Gasteiger partial charge in [-0.1, -0.05) is 18.6 Å². The number of nitrogens with two attached hydrogens (primary N) is 1. The molecule has 1 aromatic carbocycles. The van der Waals surface area contributed by atoms with Gasteiger partial charge in [0, 0.05) is 12.6 Å². The van der Waals surface area contributed by atoms with Crippen molar-refractivity contribution in [2.75, 3.05) is 13.1 Å². The monoisotopic (exact) mass is 261 g/mol. The lowest BCUT2D eigenvalue weighted by Gasteiger charge is -2.34. The van der Waals surface area contributed by atoms with Gasteiger partial charge in [-0.2, -0.15) is 0 Å². The number of aromatic nitrogens is 1. The molecule has 1 aromatic heterocycles. The highest BCUT2D eigenvalue weighted by atomic mass is 32.1. The topological polar surface area (TPSA) is 42.1 Å². The summed E-state index contributed by atoms with van der Waals surface area (Å²) < 4.78 is 1.29. The Balaban J connectivity index is 1.78. The summed E-state index contributed by atoms with van der Waals surface area (Å²) in [5.74, 6) is 0. The first-order chi connectivity index (χ1) is 8.86. The Morgan fingerprint density at radius 1 is 1.33 bits per heavy atom. The molecule has 0 radical (unpaired) electrons. The third kappa shape index (κ3) is 2.41. The van der Waals surface area contributed by atoms with E-state index in [1.165, 1.54) is 29.0 Å².